The van der Waals surface area contributed by atoms with Gasteiger partial charge in [0.25, 0.3) is 0 Å². The van der Waals surface area contributed by atoms with Gasteiger partial charge in [0.05, 0.1) is 6.33 Å². The molecule has 3 nitrogen and oxygen atoms in total. The van der Waals surface area contributed by atoms with Gasteiger partial charge in [-0.25, -0.2) is 4.98 Å². The molecule has 0 aliphatic rings. The molecule has 0 aromatic carbocycles. The Bertz CT molecular complexity index is 215. The summed E-state index contributed by atoms with van der Waals surface area (Å²) < 4.78 is 2.11. The highest BCUT2D eigenvalue weighted by Crippen LogP contribution is 1.99. The predicted octanol–water partition coefficient (Wildman–Crippen LogP) is 0.929. The van der Waals surface area contributed by atoms with Crippen LogP contribution in [0, 0.1) is 6.92 Å². The Morgan fingerprint density at radius 1 is 1.73 bits per heavy atom. The van der Waals surface area contributed by atoms with Gasteiger partial charge in [-0.1, -0.05) is 0 Å². The first-order valence-corrected chi connectivity index (χ1v) is 3.92. The highest BCUT2D eigenvalue weighted by Gasteiger charge is 1.97. The van der Waals surface area contributed by atoms with E-state index in [-0.39, 0.29) is 6.04 Å². The number of nitrogens with two attached hydrogens (primary N) is 1. The molecule has 1 rings (SSSR count). The highest BCUT2D eigenvalue weighted by atomic mass is 15.0. The Balaban J connectivity index is 2.44. The van der Waals surface area contributed by atoms with Crippen LogP contribution in [0.15, 0.2) is 12.5 Å². The lowest BCUT2D eigenvalue weighted by Crippen LogP contribution is -2.17. The molecule has 0 bridgehead atoms. The van der Waals surface area contributed by atoms with Crippen molar-refractivity contribution in [1.29, 1.82) is 0 Å². The van der Waals surface area contributed by atoms with Crippen LogP contribution < -0.4 is 5.73 Å². The summed E-state index contributed by atoms with van der Waals surface area (Å²) in [5, 5.41) is 0. The Morgan fingerprint density at radius 3 is 2.91 bits per heavy atom. The van der Waals surface area contributed by atoms with E-state index in [4.69, 9.17) is 5.73 Å². The van der Waals surface area contributed by atoms with E-state index in [1.807, 2.05) is 26.4 Å². The molecule has 0 radical (unpaired) electrons. The number of nitrogens with zero attached hydrogens (tertiary/aromatic N) is 2. The van der Waals surface area contributed by atoms with Crippen molar-refractivity contribution in [3.8, 4) is 0 Å². The number of hydrogen-bond donors (Lipinski definition) is 1. The predicted molar refractivity (Wildman–Crippen MR) is 45.2 cm³/mol. The quantitative estimate of drug-likeness (QED) is 0.702. The highest BCUT2D eigenvalue weighted by molar-refractivity contribution is 4.93. The van der Waals surface area contributed by atoms with Crippen molar-refractivity contribution in [1.82, 2.24) is 9.55 Å². The van der Waals surface area contributed by atoms with Gasteiger partial charge in [0.1, 0.15) is 0 Å². The van der Waals surface area contributed by atoms with Crippen molar-refractivity contribution in [3.05, 3.63) is 18.2 Å². The maximum absolute atomic E-state index is 5.63. The summed E-state index contributed by atoms with van der Waals surface area (Å²) in [5.41, 5.74) is 6.83. The minimum Gasteiger partial charge on any atom is -0.335 e. The van der Waals surface area contributed by atoms with Gasteiger partial charge in [0.15, 0.2) is 0 Å². The summed E-state index contributed by atoms with van der Waals surface area (Å²) in [5.74, 6) is 0. The molecule has 0 saturated heterocycles. The van der Waals surface area contributed by atoms with Crippen LogP contribution in [0.3, 0.4) is 0 Å². The molecule has 11 heavy (non-hydrogen) atoms. The number of hydrogen-bond acceptors (Lipinski definition) is 2. The molecule has 62 valence electrons. The Hall–Kier alpha value is -0.830. The van der Waals surface area contributed by atoms with Gasteiger partial charge >= 0.3 is 0 Å². The smallest absolute Gasteiger partial charge is 0.0948 e. The zero-order chi connectivity index (χ0) is 8.27. The van der Waals surface area contributed by atoms with Gasteiger partial charge < -0.3 is 10.3 Å². The Morgan fingerprint density at radius 2 is 2.45 bits per heavy atom. The van der Waals surface area contributed by atoms with E-state index in [1.54, 1.807) is 0 Å². The van der Waals surface area contributed by atoms with Gasteiger partial charge in [0.2, 0.25) is 0 Å². The lowest BCUT2D eigenvalue weighted by Gasteiger charge is -2.06. The lowest BCUT2D eigenvalue weighted by atomic mass is 10.2. The second-order valence-electron chi connectivity index (χ2n) is 2.99. The number of aryl methyl sites for hydroxylation is 2. The molecule has 0 aliphatic heterocycles. The summed E-state index contributed by atoms with van der Waals surface area (Å²) in [6, 6.07) is 0.275. The van der Waals surface area contributed by atoms with Gasteiger partial charge in [-0.05, 0) is 20.3 Å². The van der Waals surface area contributed by atoms with Gasteiger partial charge in [-0.15, -0.1) is 0 Å². The maximum Gasteiger partial charge on any atom is 0.0948 e. The molecule has 0 aliphatic carbocycles. The summed E-state index contributed by atoms with van der Waals surface area (Å²) in [4.78, 5) is 4.02. The van der Waals surface area contributed by atoms with Gasteiger partial charge in [0, 0.05) is 24.5 Å². The molecule has 1 heterocycles. The Labute approximate surface area is 67.2 Å². The fourth-order valence-electron chi connectivity index (χ4n) is 0.964. The molecule has 1 aromatic heterocycles. The van der Waals surface area contributed by atoms with Crippen molar-refractivity contribution in [2.24, 2.45) is 5.73 Å². The molecule has 2 N–H and O–H groups in total. The van der Waals surface area contributed by atoms with Crippen LogP contribution in [0.1, 0.15) is 19.0 Å². The number of imidazole rings is 1. The monoisotopic (exact) mass is 153 g/mol. The first kappa shape index (κ1) is 8.27. The molecule has 0 saturated carbocycles. The van der Waals surface area contributed by atoms with Crippen LogP contribution in [0.2, 0.25) is 0 Å². The normalized spacial score (nSPS) is 13.4. The molecular formula is C8H15N3. The standard InChI is InChI=1S/C8H15N3/c1-7(9)3-4-11-6-10-5-8(11)2/h5-7H,3-4,9H2,1-2H3. The average molecular weight is 153 g/mol. The lowest BCUT2D eigenvalue weighted by molar-refractivity contribution is 0.563. The van der Waals surface area contributed by atoms with Crippen LogP contribution in [-0.4, -0.2) is 15.6 Å². The summed E-state index contributed by atoms with van der Waals surface area (Å²) in [6.07, 6.45) is 4.72. The molecule has 1 unspecified atom stereocenters. The van der Waals surface area contributed by atoms with E-state index in [1.165, 1.54) is 5.69 Å². The first-order valence-electron chi connectivity index (χ1n) is 3.92. The van der Waals surface area contributed by atoms with Crippen LogP contribution in [0.4, 0.5) is 0 Å². The van der Waals surface area contributed by atoms with Crippen LogP contribution >= 0.6 is 0 Å². The van der Waals surface area contributed by atoms with Crippen molar-refractivity contribution in [2.45, 2.75) is 32.9 Å². The second kappa shape index (κ2) is 3.53. The molecule has 1 atom stereocenters. The summed E-state index contributed by atoms with van der Waals surface area (Å²) in [7, 11) is 0. The topological polar surface area (TPSA) is 43.8 Å². The molecule has 3 heteroatoms. The summed E-state index contributed by atoms with van der Waals surface area (Å²) in [6.45, 7) is 5.05. The largest absolute Gasteiger partial charge is 0.335 e. The molecule has 0 amide bonds. The van der Waals surface area contributed by atoms with E-state index in [2.05, 4.69) is 9.55 Å². The summed E-state index contributed by atoms with van der Waals surface area (Å²) >= 11 is 0. The molecular weight excluding hydrogens is 138 g/mol. The van der Waals surface area contributed by atoms with Crippen molar-refractivity contribution < 1.29 is 0 Å². The van der Waals surface area contributed by atoms with E-state index >= 15 is 0 Å². The first-order chi connectivity index (χ1) is 5.20. The van der Waals surface area contributed by atoms with Crippen LogP contribution in [0.25, 0.3) is 0 Å². The minimum absolute atomic E-state index is 0.275. The van der Waals surface area contributed by atoms with E-state index in [0.717, 1.165) is 13.0 Å². The van der Waals surface area contributed by atoms with Crippen molar-refractivity contribution in [3.63, 3.8) is 0 Å². The van der Waals surface area contributed by atoms with Crippen molar-refractivity contribution >= 4 is 0 Å². The minimum atomic E-state index is 0.275. The third-order valence-corrected chi connectivity index (χ3v) is 1.75. The van der Waals surface area contributed by atoms with Crippen LogP contribution in [-0.2, 0) is 6.54 Å². The fraction of sp³-hybridized carbons (Fsp3) is 0.625. The fourth-order valence-corrected chi connectivity index (χ4v) is 0.964. The number of rotatable bonds is 3. The molecule has 0 fully saturated rings. The second-order valence-corrected chi connectivity index (χ2v) is 2.99. The van der Waals surface area contributed by atoms with Crippen LogP contribution in [0.5, 0.6) is 0 Å². The Kier molecular flexibility index (Phi) is 2.65. The van der Waals surface area contributed by atoms with Gasteiger partial charge in [-0.2, -0.15) is 0 Å². The average Bonchev–Trinajstić information content (AvgIpc) is 2.31. The van der Waals surface area contributed by atoms with E-state index < -0.39 is 0 Å². The third kappa shape index (κ3) is 2.35. The SMILES string of the molecule is Cc1cncn1CCC(C)N. The van der Waals surface area contributed by atoms with E-state index in [9.17, 15) is 0 Å². The van der Waals surface area contributed by atoms with Crippen molar-refractivity contribution in [2.75, 3.05) is 0 Å². The zero-order valence-corrected chi connectivity index (χ0v) is 7.12. The van der Waals surface area contributed by atoms with E-state index in [0.29, 0.717) is 0 Å². The van der Waals surface area contributed by atoms with Gasteiger partial charge in [-0.3, -0.25) is 0 Å². The third-order valence-electron chi connectivity index (χ3n) is 1.75. The molecule has 1 aromatic rings. The molecule has 0 spiro atoms. The maximum atomic E-state index is 5.63. The number of aromatic nitrogens is 2. The zero-order valence-electron chi connectivity index (χ0n) is 7.12.